The first kappa shape index (κ1) is 17.9. The number of Topliss-reactive ketones (excluding diaryl/α,β-unsaturated/α-hetero) is 1. The molecule has 4 heteroatoms. The predicted molar refractivity (Wildman–Crippen MR) is 109 cm³/mol. The molecule has 1 aliphatic heterocycles. The molecule has 0 atom stereocenters. The van der Waals surface area contributed by atoms with E-state index in [1.165, 1.54) is 18.4 Å². The van der Waals surface area contributed by atoms with Crippen LogP contribution in [-0.4, -0.2) is 33.6 Å². The van der Waals surface area contributed by atoms with Gasteiger partial charge in [-0.05, 0) is 49.9 Å². The number of aryl methyl sites for hydroxylation is 1. The van der Waals surface area contributed by atoms with Gasteiger partial charge in [0.05, 0.1) is 5.52 Å². The lowest BCUT2D eigenvalue weighted by Gasteiger charge is -2.31. The molecule has 0 amide bonds. The van der Waals surface area contributed by atoms with Gasteiger partial charge in [0.1, 0.15) is 5.69 Å². The Hall–Kier alpha value is -2.46. The molecule has 0 radical (unpaired) electrons. The van der Waals surface area contributed by atoms with Gasteiger partial charge in [-0.15, -0.1) is 0 Å². The highest BCUT2D eigenvalue weighted by molar-refractivity contribution is 6.05. The zero-order valence-corrected chi connectivity index (χ0v) is 16.0. The van der Waals surface area contributed by atoms with Gasteiger partial charge >= 0.3 is 0 Å². The quantitative estimate of drug-likeness (QED) is 0.609. The van der Waals surface area contributed by atoms with Crippen molar-refractivity contribution in [3.8, 4) is 0 Å². The van der Waals surface area contributed by atoms with Crippen LogP contribution >= 0.6 is 0 Å². The van der Waals surface area contributed by atoms with Gasteiger partial charge in [-0.2, -0.15) is 5.10 Å². The molecule has 2 aromatic carbocycles. The third-order valence-electron chi connectivity index (χ3n) is 5.76. The van der Waals surface area contributed by atoms with Crippen molar-refractivity contribution in [2.75, 3.05) is 13.1 Å². The molecular weight excluding hydrogens is 334 g/mol. The first-order valence-electron chi connectivity index (χ1n) is 9.92. The average molecular weight is 361 g/mol. The molecule has 0 N–H and O–H groups in total. The van der Waals surface area contributed by atoms with E-state index in [9.17, 15) is 4.79 Å². The van der Waals surface area contributed by atoms with Gasteiger partial charge in [0.2, 0.25) is 0 Å². The molecular formula is C23H27N3O. The Morgan fingerprint density at radius 3 is 2.52 bits per heavy atom. The molecule has 2 heterocycles. The van der Waals surface area contributed by atoms with E-state index in [0.717, 1.165) is 37.0 Å². The van der Waals surface area contributed by atoms with Crippen molar-refractivity contribution >= 4 is 16.7 Å². The minimum atomic E-state index is 0.179. The van der Waals surface area contributed by atoms with Crippen LogP contribution < -0.4 is 0 Å². The molecule has 1 aliphatic rings. The van der Waals surface area contributed by atoms with Crippen LogP contribution in [0.25, 0.3) is 10.9 Å². The number of rotatable bonds is 6. The lowest BCUT2D eigenvalue weighted by atomic mass is 9.90. The SMILES string of the molecule is Cn1nc(C(=O)CCC2CCN(Cc3ccccc3)CC2)c2ccccc21. The van der Waals surface area contributed by atoms with E-state index in [4.69, 9.17) is 0 Å². The Morgan fingerprint density at radius 1 is 1.04 bits per heavy atom. The molecule has 4 nitrogen and oxygen atoms in total. The summed E-state index contributed by atoms with van der Waals surface area (Å²) < 4.78 is 1.81. The fraction of sp³-hybridized carbons (Fsp3) is 0.391. The van der Waals surface area contributed by atoms with E-state index >= 15 is 0 Å². The second-order valence-electron chi connectivity index (χ2n) is 7.66. The van der Waals surface area contributed by atoms with Crippen LogP contribution in [0.1, 0.15) is 41.7 Å². The first-order valence-corrected chi connectivity index (χ1v) is 9.92. The standard InChI is InChI=1S/C23H27N3O/c1-25-21-10-6-5-9-20(21)23(24-25)22(27)12-11-18-13-15-26(16-14-18)17-19-7-3-2-4-8-19/h2-10,18H,11-17H2,1H3. The molecule has 1 saturated heterocycles. The fourth-order valence-electron chi connectivity index (χ4n) is 4.15. The van der Waals surface area contributed by atoms with Crippen LogP contribution in [0.2, 0.25) is 0 Å². The van der Waals surface area contributed by atoms with Crippen LogP contribution in [0.4, 0.5) is 0 Å². The molecule has 0 spiro atoms. The van der Waals surface area contributed by atoms with Gasteiger partial charge in [0, 0.05) is 25.4 Å². The van der Waals surface area contributed by atoms with Gasteiger partial charge < -0.3 is 0 Å². The monoisotopic (exact) mass is 361 g/mol. The number of fused-ring (bicyclic) bond motifs is 1. The Balaban J connectivity index is 1.29. The average Bonchev–Trinajstić information content (AvgIpc) is 3.05. The smallest absolute Gasteiger partial charge is 0.183 e. The number of hydrogen-bond donors (Lipinski definition) is 0. The molecule has 4 rings (SSSR count). The summed E-state index contributed by atoms with van der Waals surface area (Å²) in [5.41, 5.74) is 3.04. The van der Waals surface area contributed by atoms with Crippen molar-refractivity contribution in [2.45, 2.75) is 32.2 Å². The van der Waals surface area contributed by atoms with Crippen molar-refractivity contribution in [1.29, 1.82) is 0 Å². The summed E-state index contributed by atoms with van der Waals surface area (Å²) in [5, 5.41) is 5.45. The lowest BCUT2D eigenvalue weighted by Crippen LogP contribution is -2.33. The van der Waals surface area contributed by atoms with E-state index in [1.54, 1.807) is 0 Å². The maximum atomic E-state index is 12.7. The Morgan fingerprint density at radius 2 is 1.74 bits per heavy atom. The Bertz CT molecular complexity index is 908. The molecule has 140 valence electrons. The zero-order valence-electron chi connectivity index (χ0n) is 16.0. The molecule has 3 aromatic rings. The maximum Gasteiger partial charge on any atom is 0.183 e. The zero-order chi connectivity index (χ0) is 18.6. The Labute approximate surface area is 160 Å². The van der Waals surface area contributed by atoms with Gasteiger partial charge in [-0.3, -0.25) is 14.4 Å². The number of para-hydroxylation sites is 1. The summed E-state index contributed by atoms with van der Waals surface area (Å²) in [6, 6.07) is 18.6. The first-order chi connectivity index (χ1) is 13.2. The topological polar surface area (TPSA) is 38.1 Å². The van der Waals surface area contributed by atoms with Crippen molar-refractivity contribution in [1.82, 2.24) is 14.7 Å². The summed E-state index contributed by atoms with van der Waals surface area (Å²) in [7, 11) is 1.90. The van der Waals surface area contributed by atoms with Gasteiger partial charge in [0.25, 0.3) is 0 Å². The van der Waals surface area contributed by atoms with E-state index in [1.807, 2.05) is 36.0 Å². The molecule has 1 fully saturated rings. The van der Waals surface area contributed by atoms with Crippen molar-refractivity contribution in [2.24, 2.45) is 13.0 Å². The highest BCUT2D eigenvalue weighted by Gasteiger charge is 2.22. The molecule has 0 bridgehead atoms. The van der Waals surface area contributed by atoms with Gasteiger partial charge in [-0.1, -0.05) is 48.5 Å². The second-order valence-corrected chi connectivity index (χ2v) is 7.66. The number of nitrogens with zero attached hydrogens (tertiary/aromatic N) is 3. The van der Waals surface area contributed by atoms with E-state index in [0.29, 0.717) is 18.0 Å². The summed E-state index contributed by atoms with van der Waals surface area (Å²) in [6.07, 6.45) is 3.94. The summed E-state index contributed by atoms with van der Waals surface area (Å²) >= 11 is 0. The second kappa shape index (κ2) is 8.05. The third kappa shape index (κ3) is 4.11. The predicted octanol–water partition coefficient (Wildman–Crippen LogP) is 4.45. The largest absolute Gasteiger partial charge is 0.299 e. The van der Waals surface area contributed by atoms with E-state index in [-0.39, 0.29) is 5.78 Å². The minimum absolute atomic E-state index is 0.179. The highest BCUT2D eigenvalue weighted by atomic mass is 16.1. The van der Waals surface area contributed by atoms with Crippen LogP contribution in [-0.2, 0) is 13.6 Å². The highest BCUT2D eigenvalue weighted by Crippen LogP contribution is 2.25. The molecule has 0 saturated carbocycles. The number of aromatic nitrogens is 2. The number of ketones is 1. The fourth-order valence-corrected chi connectivity index (χ4v) is 4.15. The van der Waals surface area contributed by atoms with Gasteiger partial charge in [-0.25, -0.2) is 0 Å². The van der Waals surface area contributed by atoms with E-state index in [2.05, 4.69) is 40.3 Å². The molecule has 1 aromatic heterocycles. The number of carbonyl (C=O) groups excluding carboxylic acids is 1. The molecule has 0 aliphatic carbocycles. The molecule has 0 unspecified atom stereocenters. The summed E-state index contributed by atoms with van der Waals surface area (Å²) in [6.45, 7) is 3.28. The van der Waals surface area contributed by atoms with Gasteiger partial charge in [0.15, 0.2) is 5.78 Å². The van der Waals surface area contributed by atoms with E-state index < -0.39 is 0 Å². The number of likely N-dealkylation sites (tertiary alicyclic amines) is 1. The number of piperidine rings is 1. The number of hydrogen-bond acceptors (Lipinski definition) is 3. The van der Waals surface area contributed by atoms with Crippen LogP contribution in [0.5, 0.6) is 0 Å². The number of benzene rings is 2. The third-order valence-corrected chi connectivity index (χ3v) is 5.76. The maximum absolute atomic E-state index is 12.7. The van der Waals surface area contributed by atoms with Crippen LogP contribution in [0.15, 0.2) is 54.6 Å². The Kier molecular flexibility index (Phi) is 5.35. The summed E-state index contributed by atoms with van der Waals surface area (Å²) in [4.78, 5) is 15.3. The van der Waals surface area contributed by atoms with Crippen molar-refractivity contribution < 1.29 is 4.79 Å². The summed E-state index contributed by atoms with van der Waals surface area (Å²) in [5.74, 6) is 0.828. The van der Waals surface area contributed by atoms with Crippen LogP contribution in [0, 0.1) is 5.92 Å². The van der Waals surface area contributed by atoms with Crippen LogP contribution in [0.3, 0.4) is 0 Å². The minimum Gasteiger partial charge on any atom is -0.299 e. The lowest BCUT2D eigenvalue weighted by molar-refractivity contribution is 0.0957. The molecule has 27 heavy (non-hydrogen) atoms. The number of carbonyl (C=O) groups is 1. The van der Waals surface area contributed by atoms with Crippen molar-refractivity contribution in [3.05, 3.63) is 65.9 Å². The van der Waals surface area contributed by atoms with Crippen molar-refractivity contribution in [3.63, 3.8) is 0 Å². The normalized spacial score (nSPS) is 16.0.